The number of halogens is 1. The first-order chi connectivity index (χ1) is 11.4. The first kappa shape index (κ1) is 16.7. The van der Waals surface area contributed by atoms with Gasteiger partial charge in [-0.15, -0.1) is 6.58 Å². The fourth-order valence-corrected chi connectivity index (χ4v) is 3.27. The average molecular weight is 390 g/mol. The van der Waals surface area contributed by atoms with Gasteiger partial charge in [0.1, 0.15) is 5.76 Å². The summed E-state index contributed by atoms with van der Waals surface area (Å²) >= 11 is 3.35. The number of fused-ring (bicyclic) bond motifs is 1. The van der Waals surface area contributed by atoms with Crippen molar-refractivity contribution in [3.05, 3.63) is 64.5 Å². The Morgan fingerprint density at radius 3 is 2.79 bits per heavy atom. The minimum Gasteiger partial charge on any atom is -0.458 e. The standard InChI is InChI=1S/C18H16BrNO4/c1-3-8-20-14-6-5-12(19)9-13(14)18(23,17(20)22)10-15(21)16-7-4-11(2)24-16/h3-7,9,23H,1,8,10H2,2H3/t18-/m0/s1. The van der Waals surface area contributed by atoms with E-state index >= 15 is 0 Å². The molecule has 2 heterocycles. The number of carbonyl (C=O) groups is 2. The monoisotopic (exact) mass is 389 g/mol. The Balaban J connectivity index is 2.02. The lowest BCUT2D eigenvalue weighted by atomic mass is 9.89. The Morgan fingerprint density at radius 2 is 2.17 bits per heavy atom. The molecule has 1 atom stereocenters. The van der Waals surface area contributed by atoms with Crippen LogP contribution in [0.1, 0.15) is 28.3 Å². The predicted octanol–water partition coefficient (Wildman–Crippen LogP) is 3.34. The van der Waals surface area contributed by atoms with Gasteiger partial charge in [-0.1, -0.05) is 22.0 Å². The molecule has 2 aromatic rings. The Hall–Kier alpha value is -2.18. The van der Waals surface area contributed by atoms with Crippen LogP contribution in [-0.4, -0.2) is 23.3 Å². The third kappa shape index (κ3) is 2.61. The molecule has 0 bridgehead atoms. The molecule has 1 aromatic carbocycles. The molecule has 0 fully saturated rings. The zero-order chi connectivity index (χ0) is 17.5. The van der Waals surface area contributed by atoms with Gasteiger partial charge in [-0.3, -0.25) is 9.59 Å². The zero-order valence-corrected chi connectivity index (χ0v) is 14.7. The molecule has 0 saturated carbocycles. The highest BCUT2D eigenvalue weighted by Gasteiger charge is 2.51. The van der Waals surface area contributed by atoms with Gasteiger partial charge in [-0.2, -0.15) is 0 Å². The highest BCUT2D eigenvalue weighted by Crippen LogP contribution is 2.44. The minimum atomic E-state index is -1.92. The van der Waals surface area contributed by atoms with E-state index in [0.29, 0.717) is 21.5 Å². The predicted molar refractivity (Wildman–Crippen MR) is 93.0 cm³/mol. The number of amides is 1. The lowest BCUT2D eigenvalue weighted by molar-refractivity contribution is -0.135. The average Bonchev–Trinajstić information content (AvgIpc) is 3.05. The van der Waals surface area contributed by atoms with Crippen molar-refractivity contribution < 1.29 is 19.1 Å². The first-order valence-electron chi connectivity index (χ1n) is 7.41. The van der Waals surface area contributed by atoms with Gasteiger partial charge in [0.15, 0.2) is 11.4 Å². The Bertz CT molecular complexity index is 841. The summed E-state index contributed by atoms with van der Waals surface area (Å²) in [5.41, 5.74) is -0.936. The molecule has 124 valence electrons. The zero-order valence-electron chi connectivity index (χ0n) is 13.1. The second kappa shape index (κ2) is 6.03. The summed E-state index contributed by atoms with van der Waals surface area (Å²) in [5.74, 6) is -0.232. The number of furan rings is 1. The molecule has 1 aromatic heterocycles. The van der Waals surface area contributed by atoms with Gasteiger partial charge in [-0.05, 0) is 37.3 Å². The molecule has 0 aliphatic carbocycles. The summed E-state index contributed by atoms with van der Waals surface area (Å²) < 4.78 is 6.03. The van der Waals surface area contributed by atoms with Crippen molar-refractivity contribution in [2.75, 3.05) is 11.4 Å². The second-order valence-electron chi connectivity index (χ2n) is 5.74. The Kier molecular flexibility index (Phi) is 4.19. The summed E-state index contributed by atoms with van der Waals surface area (Å²) in [5, 5.41) is 11.1. The number of hydrogen-bond donors (Lipinski definition) is 1. The van der Waals surface area contributed by atoms with Crippen LogP contribution in [0.3, 0.4) is 0 Å². The van der Waals surface area contributed by atoms with Crippen molar-refractivity contribution in [3.8, 4) is 0 Å². The van der Waals surface area contributed by atoms with Crippen molar-refractivity contribution in [2.24, 2.45) is 0 Å². The summed E-state index contributed by atoms with van der Waals surface area (Å²) in [6.45, 7) is 5.62. The Labute approximate surface area is 147 Å². The van der Waals surface area contributed by atoms with Crippen molar-refractivity contribution in [1.82, 2.24) is 0 Å². The number of Topliss-reactive ketones (excluding diaryl/α,β-unsaturated/α-hetero) is 1. The van der Waals surface area contributed by atoms with Gasteiger partial charge < -0.3 is 14.4 Å². The summed E-state index contributed by atoms with van der Waals surface area (Å²) in [6.07, 6.45) is 1.20. The van der Waals surface area contributed by atoms with Crippen LogP contribution in [0, 0.1) is 6.92 Å². The van der Waals surface area contributed by atoms with E-state index in [1.165, 1.54) is 4.90 Å². The number of anilines is 1. The van der Waals surface area contributed by atoms with E-state index < -0.39 is 17.3 Å². The number of rotatable bonds is 5. The number of aliphatic hydroxyl groups is 1. The van der Waals surface area contributed by atoms with E-state index in [-0.39, 0.29) is 18.7 Å². The maximum absolute atomic E-state index is 12.8. The quantitative estimate of drug-likeness (QED) is 0.628. The molecular formula is C18H16BrNO4. The number of carbonyl (C=O) groups excluding carboxylic acids is 2. The minimum absolute atomic E-state index is 0.132. The van der Waals surface area contributed by atoms with Crippen molar-refractivity contribution >= 4 is 33.3 Å². The lowest BCUT2D eigenvalue weighted by Crippen LogP contribution is -2.41. The third-order valence-electron chi connectivity index (χ3n) is 4.04. The van der Waals surface area contributed by atoms with Crippen molar-refractivity contribution in [2.45, 2.75) is 18.9 Å². The van der Waals surface area contributed by atoms with Crippen molar-refractivity contribution in [3.63, 3.8) is 0 Å². The molecule has 0 saturated heterocycles. The number of nitrogens with zero attached hydrogens (tertiary/aromatic N) is 1. The van der Waals surface area contributed by atoms with Crippen LogP contribution < -0.4 is 4.90 Å². The number of benzene rings is 1. The molecule has 5 nitrogen and oxygen atoms in total. The van der Waals surface area contributed by atoms with Gasteiger partial charge >= 0.3 is 0 Å². The third-order valence-corrected chi connectivity index (χ3v) is 4.53. The smallest absolute Gasteiger partial charge is 0.264 e. The molecule has 1 amide bonds. The first-order valence-corrected chi connectivity index (χ1v) is 8.21. The van der Waals surface area contributed by atoms with Crippen LogP contribution in [0.2, 0.25) is 0 Å². The van der Waals surface area contributed by atoms with E-state index in [1.807, 2.05) is 0 Å². The molecule has 1 N–H and O–H groups in total. The summed E-state index contributed by atoms with van der Waals surface area (Å²) in [6, 6.07) is 8.40. The molecular weight excluding hydrogens is 374 g/mol. The molecule has 6 heteroatoms. The largest absolute Gasteiger partial charge is 0.458 e. The van der Waals surface area contributed by atoms with Crippen LogP contribution >= 0.6 is 15.9 Å². The van der Waals surface area contributed by atoms with Crippen molar-refractivity contribution in [1.29, 1.82) is 0 Å². The van der Waals surface area contributed by atoms with E-state index in [2.05, 4.69) is 22.5 Å². The van der Waals surface area contributed by atoms with Crippen LogP contribution in [0.5, 0.6) is 0 Å². The van der Waals surface area contributed by atoms with Gasteiger partial charge in [-0.25, -0.2) is 0 Å². The maximum atomic E-state index is 12.8. The summed E-state index contributed by atoms with van der Waals surface area (Å²) in [7, 11) is 0. The van der Waals surface area contributed by atoms with Crippen LogP contribution in [-0.2, 0) is 10.4 Å². The molecule has 0 unspecified atom stereocenters. The van der Waals surface area contributed by atoms with Crippen LogP contribution in [0.25, 0.3) is 0 Å². The molecule has 0 spiro atoms. The number of aryl methyl sites for hydroxylation is 1. The maximum Gasteiger partial charge on any atom is 0.264 e. The van der Waals surface area contributed by atoms with E-state index in [0.717, 1.165) is 0 Å². The molecule has 0 radical (unpaired) electrons. The van der Waals surface area contributed by atoms with E-state index in [1.54, 1.807) is 43.3 Å². The summed E-state index contributed by atoms with van der Waals surface area (Å²) in [4.78, 5) is 26.7. The van der Waals surface area contributed by atoms with Gasteiger partial charge in [0.2, 0.25) is 5.78 Å². The topological polar surface area (TPSA) is 70.8 Å². The van der Waals surface area contributed by atoms with Gasteiger partial charge in [0.05, 0.1) is 12.1 Å². The Morgan fingerprint density at radius 1 is 1.42 bits per heavy atom. The van der Waals surface area contributed by atoms with E-state index in [4.69, 9.17) is 4.42 Å². The van der Waals surface area contributed by atoms with Gasteiger partial charge in [0, 0.05) is 16.6 Å². The highest BCUT2D eigenvalue weighted by atomic mass is 79.9. The fourth-order valence-electron chi connectivity index (χ4n) is 2.91. The van der Waals surface area contributed by atoms with E-state index in [9.17, 15) is 14.7 Å². The lowest BCUT2D eigenvalue weighted by Gasteiger charge is -2.21. The SMILES string of the molecule is C=CCN1C(=O)[C@](O)(CC(=O)c2ccc(C)o2)c2cc(Br)ccc21. The fraction of sp³-hybridized carbons (Fsp3) is 0.222. The highest BCUT2D eigenvalue weighted by molar-refractivity contribution is 9.10. The van der Waals surface area contributed by atoms with Crippen LogP contribution in [0.4, 0.5) is 5.69 Å². The second-order valence-corrected chi connectivity index (χ2v) is 6.65. The molecule has 1 aliphatic rings. The van der Waals surface area contributed by atoms with Crippen LogP contribution in [0.15, 0.2) is 51.9 Å². The molecule has 24 heavy (non-hydrogen) atoms. The normalized spacial score (nSPS) is 19.5. The molecule has 1 aliphatic heterocycles. The molecule has 3 rings (SSSR count). The van der Waals surface area contributed by atoms with Gasteiger partial charge in [0.25, 0.3) is 5.91 Å². The number of hydrogen-bond acceptors (Lipinski definition) is 4. The number of ketones is 1.